The Morgan fingerprint density at radius 1 is 0.536 bits per heavy atom. The number of aromatic nitrogens is 12. The van der Waals surface area contributed by atoms with Crippen molar-refractivity contribution >= 4 is 113 Å². The Kier molecular flexibility index (Phi) is 19.6. The summed E-state index contributed by atoms with van der Waals surface area (Å²) in [4.78, 5) is 93.1. The van der Waals surface area contributed by atoms with Crippen molar-refractivity contribution < 1.29 is 43.3 Å². The van der Waals surface area contributed by atoms with E-state index in [0.29, 0.717) is 60.8 Å². The minimum atomic E-state index is -1.09. The fourth-order valence-electron chi connectivity index (χ4n) is 7.25. The normalized spacial score (nSPS) is 10.7. The number of amides is 3. The van der Waals surface area contributed by atoms with Gasteiger partial charge in [0.1, 0.15) is 49.0 Å². The van der Waals surface area contributed by atoms with Crippen LogP contribution in [0.2, 0.25) is 0 Å². The Bertz CT molecular complexity index is 4090. The highest BCUT2D eigenvalue weighted by molar-refractivity contribution is 9.10. The molecular formula is C53H50BrN21O9. The topological polar surface area (TPSA) is 471 Å². The predicted octanol–water partition coefficient (Wildman–Crippen LogP) is 4.68. The number of ether oxygens (including phenoxy) is 2. The Morgan fingerprint density at radius 3 is 1.18 bits per heavy atom. The molecule has 6 heterocycles. The molecule has 0 unspecified atom stereocenters. The number of anilines is 5. The van der Waals surface area contributed by atoms with E-state index in [0.717, 1.165) is 4.47 Å². The van der Waals surface area contributed by atoms with Crippen LogP contribution < -0.4 is 33.6 Å². The lowest BCUT2D eigenvalue weighted by atomic mass is 10.2. The van der Waals surface area contributed by atoms with Crippen LogP contribution in [0.15, 0.2) is 96.3 Å². The number of hydrogen-bond acceptors (Lipinski definition) is 23. The van der Waals surface area contributed by atoms with Crippen molar-refractivity contribution in [1.82, 2.24) is 59.2 Å². The molecule has 9 aromatic rings. The molecule has 3 amide bonds. The minimum absolute atomic E-state index is 0.0272. The smallest absolute Gasteiger partial charge is 0.328 e. The van der Waals surface area contributed by atoms with Crippen LogP contribution in [0.4, 0.5) is 29.2 Å². The summed E-state index contributed by atoms with van der Waals surface area (Å²) in [7, 11) is 0. The third kappa shape index (κ3) is 17.0. The molecule has 11 N–H and O–H groups in total. The van der Waals surface area contributed by atoms with Crippen LogP contribution in [-0.2, 0) is 43.5 Å². The SMILES string of the molecule is CC(C)(C)OC(=O)Cn1nc(C(N)=O)c2cc(Br)ccc21.CC(C)(C)OC(=O)Cn1nc(C(N)=O)c2cc(Nc3ncc(C#N)cn3)ccc21.N#Cc1cnc(N)nc1.N#Cc1cnc(Nc2ccc3c(c2)c(C(N)=O)nn3CC(=O)O)nc1. The molecule has 0 saturated carbocycles. The van der Waals surface area contributed by atoms with Gasteiger partial charge in [0.05, 0.1) is 70.4 Å². The number of aliphatic carboxylic acids is 1. The minimum Gasteiger partial charge on any atom is -0.480 e. The van der Waals surface area contributed by atoms with Gasteiger partial charge in [0.2, 0.25) is 17.8 Å². The molecule has 0 radical (unpaired) electrons. The van der Waals surface area contributed by atoms with Crippen LogP contribution in [0.1, 0.15) is 89.7 Å². The van der Waals surface area contributed by atoms with E-state index in [-0.39, 0.29) is 48.0 Å². The number of nitrogens with zero attached hydrogens (tertiary/aromatic N) is 15. The molecule has 428 valence electrons. The van der Waals surface area contributed by atoms with Crippen molar-refractivity contribution in [3.63, 3.8) is 0 Å². The highest BCUT2D eigenvalue weighted by Crippen LogP contribution is 2.27. The van der Waals surface area contributed by atoms with Crippen LogP contribution in [-0.4, -0.2) is 111 Å². The molecule has 6 aromatic heterocycles. The van der Waals surface area contributed by atoms with E-state index < -0.39 is 53.4 Å². The molecule has 0 aliphatic carbocycles. The van der Waals surface area contributed by atoms with Crippen molar-refractivity contribution in [2.45, 2.75) is 72.4 Å². The molecule has 9 rings (SSSR count). The number of benzene rings is 3. The van der Waals surface area contributed by atoms with Gasteiger partial charge in [-0.05, 0) is 96.1 Å². The zero-order valence-corrected chi connectivity index (χ0v) is 47.0. The number of rotatable bonds is 13. The second-order valence-electron chi connectivity index (χ2n) is 19.3. The van der Waals surface area contributed by atoms with Crippen molar-refractivity contribution in [1.29, 1.82) is 15.8 Å². The lowest BCUT2D eigenvalue weighted by Crippen LogP contribution is -2.27. The maximum atomic E-state index is 12.2. The summed E-state index contributed by atoms with van der Waals surface area (Å²) in [6, 6.07) is 21.0. The Morgan fingerprint density at radius 2 is 0.857 bits per heavy atom. The molecule has 3 aromatic carbocycles. The number of primary amides is 3. The number of carboxylic acid groups (broad SMARTS) is 1. The molecule has 30 nitrogen and oxygen atoms in total. The monoisotopic (exact) mass is 1200 g/mol. The molecule has 84 heavy (non-hydrogen) atoms. The fourth-order valence-corrected chi connectivity index (χ4v) is 7.61. The first-order chi connectivity index (χ1) is 39.6. The van der Waals surface area contributed by atoms with Crippen molar-refractivity contribution in [3.8, 4) is 18.2 Å². The number of nitrogen functional groups attached to an aromatic ring is 1. The fraction of sp³-hybridized carbons (Fsp3) is 0.208. The number of carbonyl (C=O) groups excluding carboxylic acids is 5. The number of nitrogens with one attached hydrogen (secondary N) is 2. The Balaban J connectivity index is 0.000000190. The number of halogens is 1. The number of nitriles is 3. The van der Waals surface area contributed by atoms with Gasteiger partial charge in [0.25, 0.3) is 17.7 Å². The van der Waals surface area contributed by atoms with Gasteiger partial charge in [0.15, 0.2) is 17.1 Å². The molecule has 31 heteroatoms. The molecule has 0 aliphatic rings. The zero-order chi connectivity index (χ0) is 61.6. The van der Waals surface area contributed by atoms with Gasteiger partial charge >= 0.3 is 17.9 Å². The van der Waals surface area contributed by atoms with E-state index in [1.54, 1.807) is 96.1 Å². The molecular weight excluding hydrogens is 1150 g/mol. The maximum Gasteiger partial charge on any atom is 0.328 e. The molecule has 0 fully saturated rings. The Hall–Kier alpha value is -11.5. The second-order valence-corrected chi connectivity index (χ2v) is 20.2. The van der Waals surface area contributed by atoms with Crippen LogP contribution in [0.5, 0.6) is 0 Å². The van der Waals surface area contributed by atoms with Gasteiger partial charge in [-0.1, -0.05) is 15.9 Å². The van der Waals surface area contributed by atoms with Gasteiger partial charge in [-0.15, -0.1) is 0 Å². The van der Waals surface area contributed by atoms with Gasteiger partial charge in [-0.2, -0.15) is 31.1 Å². The first kappa shape index (κ1) is 61.7. The maximum absolute atomic E-state index is 12.2. The number of fused-ring (bicyclic) bond motifs is 3. The van der Waals surface area contributed by atoms with E-state index in [1.807, 2.05) is 18.2 Å². The first-order valence-electron chi connectivity index (χ1n) is 24.3. The third-order valence-corrected chi connectivity index (χ3v) is 11.0. The standard InChI is InChI=1S/C19H19N7O3.C15H11N7O3.C14H16BrN3O3.C5H4N4/c1-19(2,3)29-15(27)10-26-14-5-4-12(6-13(14)16(25-26)17(21)28)24-18-22-8-11(7-20)9-23-18;16-4-8-5-18-15(19-6-8)20-9-1-2-11-10(3-9)13(14(17)25)21-22(11)7-12(23)24;1-14(2,3)21-11(19)7-18-10-5-4-8(15)6-9(10)12(17-18)13(16)20;6-1-4-2-8-5(7)9-3-4/h4-6,8-9H,10H2,1-3H3,(H2,21,28)(H,22,23,24);1-3,5-6H,7H2,(H2,17,25)(H,23,24)(H,18,19,20);4-6H,7H2,1-3H3,(H2,16,20);2-3H,(H2,7,8,9). The van der Waals surface area contributed by atoms with Crippen molar-refractivity contribution in [3.05, 3.63) is 130 Å². The zero-order valence-electron chi connectivity index (χ0n) is 45.4. The van der Waals surface area contributed by atoms with Gasteiger partial charge in [0, 0.05) is 32.0 Å². The van der Waals surface area contributed by atoms with E-state index in [4.69, 9.17) is 53.3 Å². The number of carbonyl (C=O) groups is 6. The summed E-state index contributed by atoms with van der Waals surface area (Å²) >= 11 is 3.33. The highest BCUT2D eigenvalue weighted by atomic mass is 79.9. The quantitative estimate of drug-likeness (QED) is 0.0770. The van der Waals surface area contributed by atoms with Crippen molar-refractivity contribution in [2.24, 2.45) is 17.2 Å². The third-order valence-electron chi connectivity index (χ3n) is 10.5. The van der Waals surface area contributed by atoms with Gasteiger partial charge in [-0.3, -0.25) is 42.8 Å². The predicted molar refractivity (Wildman–Crippen MR) is 303 cm³/mol. The average Bonchev–Trinajstić information content (AvgIpc) is 2.30. The second kappa shape index (κ2) is 26.6. The number of hydrogen-bond donors (Lipinski definition) is 7. The summed E-state index contributed by atoms with van der Waals surface area (Å²) < 4.78 is 15.4. The van der Waals surface area contributed by atoms with Crippen molar-refractivity contribution in [2.75, 3.05) is 16.4 Å². The van der Waals surface area contributed by atoms with Crippen LogP contribution >= 0.6 is 15.9 Å². The lowest BCUT2D eigenvalue weighted by molar-refractivity contribution is -0.156. The molecule has 0 spiro atoms. The Labute approximate surface area is 484 Å². The number of carboxylic acids is 1. The molecule has 0 atom stereocenters. The van der Waals surface area contributed by atoms with Gasteiger partial charge < -0.3 is 48.1 Å². The summed E-state index contributed by atoms with van der Waals surface area (Å²) in [6.07, 6.45) is 8.27. The largest absolute Gasteiger partial charge is 0.480 e. The van der Waals surface area contributed by atoms with E-state index in [9.17, 15) is 28.8 Å². The van der Waals surface area contributed by atoms with Crippen LogP contribution in [0.25, 0.3) is 32.7 Å². The number of nitrogens with two attached hydrogens (primary N) is 4. The molecule has 0 aliphatic heterocycles. The number of esters is 2. The first-order valence-corrected chi connectivity index (χ1v) is 25.1. The molecule has 0 saturated heterocycles. The molecule has 0 bridgehead atoms. The lowest BCUT2D eigenvalue weighted by Gasteiger charge is -2.19. The summed E-state index contributed by atoms with van der Waals surface area (Å²) in [5.41, 5.74) is 24.1. The van der Waals surface area contributed by atoms with Gasteiger partial charge in [-0.25, -0.2) is 29.9 Å². The average molecular weight is 1210 g/mol. The summed E-state index contributed by atoms with van der Waals surface area (Å²) in [5.74, 6) is -3.38. The van der Waals surface area contributed by atoms with E-state index in [2.05, 4.69) is 71.8 Å². The van der Waals surface area contributed by atoms with Crippen LogP contribution in [0, 0.1) is 34.0 Å². The summed E-state index contributed by atoms with van der Waals surface area (Å²) in [5, 5.41) is 54.4. The van der Waals surface area contributed by atoms with E-state index >= 15 is 0 Å². The summed E-state index contributed by atoms with van der Waals surface area (Å²) in [6.45, 7) is 10.0. The highest BCUT2D eigenvalue weighted by Gasteiger charge is 2.23. The van der Waals surface area contributed by atoms with E-state index in [1.165, 1.54) is 51.2 Å². The van der Waals surface area contributed by atoms with Crippen LogP contribution in [0.3, 0.4) is 0 Å².